The highest BCUT2D eigenvalue weighted by atomic mass is 79.9. The SMILES string of the molecule is CC.O=CCc1ccccc1C(=O)N1CCCCC1COc1cccc(O)c1Br. The van der Waals surface area contributed by atoms with Gasteiger partial charge in [-0.15, -0.1) is 0 Å². The Morgan fingerprint density at radius 3 is 2.72 bits per heavy atom. The predicted octanol–water partition coefficient (Wildman–Crippen LogP) is 5.00. The van der Waals surface area contributed by atoms with Crippen molar-refractivity contribution in [3.8, 4) is 11.5 Å². The molecule has 1 unspecified atom stereocenters. The highest BCUT2D eigenvalue weighted by Crippen LogP contribution is 2.33. The minimum atomic E-state index is -0.0595. The molecule has 3 rings (SSSR count). The van der Waals surface area contributed by atoms with Crippen LogP contribution in [0.15, 0.2) is 46.9 Å². The van der Waals surface area contributed by atoms with Crippen molar-refractivity contribution >= 4 is 28.1 Å². The third kappa shape index (κ3) is 5.82. The summed E-state index contributed by atoms with van der Waals surface area (Å²) in [6, 6.07) is 12.3. The molecule has 1 aliphatic heterocycles. The summed E-state index contributed by atoms with van der Waals surface area (Å²) in [6.45, 7) is 5.02. The molecule has 2 aromatic carbocycles. The minimum absolute atomic E-state index is 0.0511. The van der Waals surface area contributed by atoms with Crippen molar-refractivity contribution < 1.29 is 19.4 Å². The van der Waals surface area contributed by atoms with E-state index in [4.69, 9.17) is 4.74 Å². The largest absolute Gasteiger partial charge is 0.507 e. The Morgan fingerprint density at radius 1 is 1.21 bits per heavy atom. The standard InChI is InChI=1S/C21H22BrNO4.C2H6/c22-20-18(25)9-5-10-19(20)27-14-16-7-3-4-12-23(16)21(26)17-8-2-1-6-15(17)11-13-24;1-2/h1-2,5-6,8-10,13,16,25H,3-4,7,11-12,14H2;1-2H3. The van der Waals surface area contributed by atoms with E-state index in [1.807, 2.05) is 36.9 Å². The monoisotopic (exact) mass is 461 g/mol. The van der Waals surface area contributed by atoms with Crippen LogP contribution in [-0.2, 0) is 11.2 Å². The molecule has 156 valence electrons. The van der Waals surface area contributed by atoms with Gasteiger partial charge in [-0.05, 0) is 59.0 Å². The highest BCUT2D eigenvalue weighted by Gasteiger charge is 2.29. The van der Waals surface area contributed by atoms with E-state index in [0.29, 0.717) is 28.9 Å². The molecule has 2 aromatic rings. The van der Waals surface area contributed by atoms with Gasteiger partial charge in [-0.1, -0.05) is 38.1 Å². The molecule has 1 saturated heterocycles. The van der Waals surface area contributed by atoms with Gasteiger partial charge in [0.05, 0.1) is 6.04 Å². The van der Waals surface area contributed by atoms with Crippen LogP contribution >= 0.6 is 15.9 Å². The second kappa shape index (κ2) is 11.6. The van der Waals surface area contributed by atoms with Crippen LogP contribution in [0.25, 0.3) is 0 Å². The number of aromatic hydroxyl groups is 1. The second-order valence-electron chi connectivity index (χ2n) is 6.58. The van der Waals surface area contributed by atoms with Crippen LogP contribution in [-0.4, -0.2) is 41.4 Å². The summed E-state index contributed by atoms with van der Waals surface area (Å²) >= 11 is 3.32. The van der Waals surface area contributed by atoms with E-state index in [2.05, 4.69) is 15.9 Å². The van der Waals surface area contributed by atoms with Crippen molar-refractivity contribution in [1.82, 2.24) is 4.90 Å². The summed E-state index contributed by atoms with van der Waals surface area (Å²) in [7, 11) is 0. The number of carbonyl (C=O) groups excluding carboxylic acids is 2. The number of amides is 1. The van der Waals surface area contributed by atoms with Gasteiger partial charge in [-0.3, -0.25) is 4.79 Å². The van der Waals surface area contributed by atoms with Crippen molar-refractivity contribution in [2.75, 3.05) is 13.2 Å². The Kier molecular flexibility index (Phi) is 9.19. The van der Waals surface area contributed by atoms with Gasteiger partial charge in [0.25, 0.3) is 5.91 Å². The molecule has 0 saturated carbocycles. The number of rotatable bonds is 6. The topological polar surface area (TPSA) is 66.8 Å². The first-order chi connectivity index (χ1) is 14.1. The number of ether oxygens (including phenoxy) is 1. The van der Waals surface area contributed by atoms with Crippen LogP contribution in [0.4, 0.5) is 0 Å². The Hall–Kier alpha value is -2.34. The normalized spacial score (nSPS) is 15.8. The lowest BCUT2D eigenvalue weighted by Crippen LogP contribution is -2.47. The van der Waals surface area contributed by atoms with Gasteiger partial charge in [0.2, 0.25) is 0 Å². The second-order valence-corrected chi connectivity index (χ2v) is 7.37. The van der Waals surface area contributed by atoms with Gasteiger partial charge in [0, 0.05) is 18.5 Å². The number of carbonyl (C=O) groups is 2. The van der Waals surface area contributed by atoms with Crippen LogP contribution in [0.2, 0.25) is 0 Å². The van der Waals surface area contributed by atoms with Crippen molar-refractivity contribution in [2.45, 2.75) is 45.6 Å². The first-order valence-electron chi connectivity index (χ1n) is 10.0. The van der Waals surface area contributed by atoms with E-state index < -0.39 is 0 Å². The molecule has 5 nitrogen and oxygen atoms in total. The summed E-state index contributed by atoms with van der Waals surface area (Å²) in [6.07, 6.45) is 3.90. The average molecular weight is 462 g/mol. The lowest BCUT2D eigenvalue weighted by atomic mass is 9.98. The number of phenolic OH excluding ortho intramolecular Hbond substituents is 1. The van der Waals surface area contributed by atoms with Gasteiger partial charge in [0.15, 0.2) is 0 Å². The third-order valence-corrected chi connectivity index (χ3v) is 5.61. The van der Waals surface area contributed by atoms with Crippen LogP contribution in [0, 0.1) is 0 Å². The zero-order valence-electron chi connectivity index (χ0n) is 16.9. The zero-order chi connectivity index (χ0) is 21.2. The number of hydrogen-bond acceptors (Lipinski definition) is 4. The summed E-state index contributed by atoms with van der Waals surface area (Å²) in [5.41, 5.74) is 1.33. The molecule has 29 heavy (non-hydrogen) atoms. The molecular formula is C23H28BrNO4. The molecular weight excluding hydrogens is 434 g/mol. The molecule has 1 atom stereocenters. The van der Waals surface area contributed by atoms with Gasteiger partial charge >= 0.3 is 0 Å². The summed E-state index contributed by atoms with van der Waals surface area (Å²) in [4.78, 5) is 25.9. The molecule has 0 aromatic heterocycles. The molecule has 1 amide bonds. The van der Waals surface area contributed by atoms with Crippen molar-refractivity contribution in [3.63, 3.8) is 0 Å². The smallest absolute Gasteiger partial charge is 0.254 e. The van der Waals surface area contributed by atoms with E-state index in [0.717, 1.165) is 31.1 Å². The Labute approximate surface area is 180 Å². The van der Waals surface area contributed by atoms with E-state index >= 15 is 0 Å². The number of nitrogens with zero attached hydrogens (tertiary/aromatic N) is 1. The molecule has 0 bridgehead atoms. The van der Waals surface area contributed by atoms with Gasteiger partial charge in [-0.25, -0.2) is 0 Å². The number of benzene rings is 2. The lowest BCUT2D eigenvalue weighted by Gasteiger charge is -2.36. The van der Waals surface area contributed by atoms with E-state index in [1.165, 1.54) is 0 Å². The van der Waals surface area contributed by atoms with Gasteiger partial charge in [0.1, 0.15) is 28.9 Å². The number of halogens is 1. The zero-order valence-corrected chi connectivity index (χ0v) is 18.5. The van der Waals surface area contributed by atoms with Crippen LogP contribution in [0.1, 0.15) is 49.0 Å². The van der Waals surface area contributed by atoms with Crippen LogP contribution < -0.4 is 4.74 Å². The number of likely N-dealkylation sites (tertiary alicyclic amines) is 1. The highest BCUT2D eigenvalue weighted by molar-refractivity contribution is 9.10. The molecule has 1 fully saturated rings. The maximum Gasteiger partial charge on any atom is 0.254 e. The average Bonchev–Trinajstić information content (AvgIpc) is 2.76. The predicted molar refractivity (Wildman–Crippen MR) is 118 cm³/mol. The maximum absolute atomic E-state index is 13.1. The summed E-state index contributed by atoms with van der Waals surface area (Å²) in [5, 5.41) is 9.79. The van der Waals surface area contributed by atoms with Crippen molar-refractivity contribution in [3.05, 3.63) is 58.1 Å². The Morgan fingerprint density at radius 2 is 1.97 bits per heavy atom. The summed E-state index contributed by atoms with van der Waals surface area (Å²) in [5.74, 6) is 0.608. The van der Waals surface area contributed by atoms with Crippen molar-refractivity contribution in [1.29, 1.82) is 0 Å². The first kappa shape index (κ1) is 22.9. The van der Waals surface area contributed by atoms with Gasteiger partial charge < -0.3 is 19.5 Å². The maximum atomic E-state index is 13.1. The lowest BCUT2D eigenvalue weighted by molar-refractivity contribution is -0.107. The molecule has 0 spiro atoms. The molecule has 1 heterocycles. The summed E-state index contributed by atoms with van der Waals surface area (Å²) < 4.78 is 6.40. The fourth-order valence-electron chi connectivity index (χ4n) is 3.39. The van der Waals surface area contributed by atoms with Crippen LogP contribution in [0.5, 0.6) is 11.5 Å². The number of aldehydes is 1. The number of piperidine rings is 1. The van der Waals surface area contributed by atoms with E-state index in [9.17, 15) is 14.7 Å². The Balaban J connectivity index is 0.00000145. The van der Waals surface area contributed by atoms with Crippen molar-refractivity contribution in [2.24, 2.45) is 0 Å². The first-order valence-corrected chi connectivity index (χ1v) is 10.8. The van der Waals surface area contributed by atoms with E-state index in [1.54, 1.807) is 24.3 Å². The number of hydrogen-bond donors (Lipinski definition) is 1. The minimum Gasteiger partial charge on any atom is -0.507 e. The molecule has 1 N–H and O–H groups in total. The Bertz CT molecular complexity index is 824. The van der Waals surface area contributed by atoms with Crippen LogP contribution in [0.3, 0.4) is 0 Å². The number of phenols is 1. The fraction of sp³-hybridized carbons (Fsp3) is 0.391. The fourth-order valence-corrected chi connectivity index (χ4v) is 3.77. The van der Waals surface area contributed by atoms with E-state index in [-0.39, 0.29) is 24.1 Å². The van der Waals surface area contributed by atoms with Gasteiger partial charge in [-0.2, -0.15) is 0 Å². The third-order valence-electron chi connectivity index (χ3n) is 4.81. The molecule has 1 aliphatic rings. The quantitative estimate of drug-likeness (QED) is 0.614. The molecule has 0 aliphatic carbocycles. The molecule has 6 heteroatoms. The molecule has 0 radical (unpaired) electrons.